The minimum Gasteiger partial charge on any atom is -0.391 e. The van der Waals surface area contributed by atoms with Gasteiger partial charge in [-0.2, -0.15) is 0 Å². The van der Waals surface area contributed by atoms with Gasteiger partial charge in [0.25, 0.3) is 5.91 Å². The lowest BCUT2D eigenvalue weighted by atomic mass is 10.1. The Bertz CT molecular complexity index is 577. The van der Waals surface area contributed by atoms with Crippen LogP contribution in [0.1, 0.15) is 50.4 Å². The summed E-state index contributed by atoms with van der Waals surface area (Å²) in [6.07, 6.45) is 3.22. The SMILES string of the molecule is CC1C[C@@H](O)CN1C(=O)c1cccc(N(C)C)c1.CCCC(C)NC=O. The van der Waals surface area contributed by atoms with E-state index in [2.05, 4.69) is 12.2 Å². The molecule has 0 radical (unpaired) electrons. The van der Waals surface area contributed by atoms with Gasteiger partial charge >= 0.3 is 0 Å². The van der Waals surface area contributed by atoms with E-state index >= 15 is 0 Å². The molecule has 2 rings (SSSR count). The highest BCUT2D eigenvalue weighted by Crippen LogP contribution is 2.22. The minimum absolute atomic E-state index is 0.00255. The van der Waals surface area contributed by atoms with E-state index in [1.165, 1.54) is 0 Å². The molecule has 146 valence electrons. The highest BCUT2D eigenvalue weighted by Gasteiger charge is 2.31. The van der Waals surface area contributed by atoms with Crippen molar-refractivity contribution in [3.8, 4) is 0 Å². The number of nitrogens with zero attached hydrogens (tertiary/aromatic N) is 2. The summed E-state index contributed by atoms with van der Waals surface area (Å²) < 4.78 is 0. The van der Waals surface area contributed by atoms with Crippen LogP contribution in [-0.4, -0.2) is 61.2 Å². The monoisotopic (exact) mass is 363 g/mol. The molecule has 1 aromatic carbocycles. The molecule has 1 aromatic rings. The summed E-state index contributed by atoms with van der Waals surface area (Å²) in [5.74, 6) is 0.00255. The summed E-state index contributed by atoms with van der Waals surface area (Å²) in [6, 6.07) is 8.03. The molecule has 0 bridgehead atoms. The number of nitrogens with one attached hydrogen (secondary N) is 1. The van der Waals surface area contributed by atoms with Crippen molar-refractivity contribution in [2.24, 2.45) is 0 Å². The number of aliphatic hydroxyl groups is 1. The summed E-state index contributed by atoms with van der Waals surface area (Å²) in [6.45, 7) is 6.51. The number of amides is 2. The van der Waals surface area contributed by atoms with Crippen LogP contribution >= 0.6 is 0 Å². The predicted octanol–water partition coefficient (Wildman–Crippen LogP) is 2.27. The van der Waals surface area contributed by atoms with Crippen molar-refractivity contribution >= 4 is 18.0 Å². The van der Waals surface area contributed by atoms with Gasteiger partial charge in [0.15, 0.2) is 0 Å². The second-order valence-electron chi connectivity index (χ2n) is 7.12. The molecular formula is C20H33N3O3. The first kappa shape index (κ1) is 22.0. The second-order valence-corrected chi connectivity index (χ2v) is 7.12. The van der Waals surface area contributed by atoms with Gasteiger partial charge in [0, 0.05) is 44.0 Å². The largest absolute Gasteiger partial charge is 0.391 e. The lowest BCUT2D eigenvalue weighted by Crippen LogP contribution is -2.34. The van der Waals surface area contributed by atoms with Gasteiger partial charge in [0.1, 0.15) is 0 Å². The van der Waals surface area contributed by atoms with Crippen LogP contribution in [0.3, 0.4) is 0 Å². The standard InChI is InChI=1S/C14H20N2O2.C6H13NO/c1-10-7-13(17)9-16(10)14(18)11-5-4-6-12(8-11)15(2)3;1-3-4-6(2)7-5-8/h4-6,8,10,13,17H,7,9H2,1-3H3;5-6H,3-4H2,1-2H3,(H,7,8)/t10?,13-;/m1./s1. The number of carbonyl (C=O) groups is 2. The Hall–Kier alpha value is -2.08. The van der Waals surface area contributed by atoms with Crippen molar-refractivity contribution in [3.63, 3.8) is 0 Å². The molecule has 1 fully saturated rings. The predicted molar refractivity (Wildman–Crippen MR) is 105 cm³/mol. The van der Waals surface area contributed by atoms with Gasteiger partial charge in [0.05, 0.1) is 6.10 Å². The van der Waals surface area contributed by atoms with Crippen LogP contribution in [0.4, 0.5) is 5.69 Å². The highest BCUT2D eigenvalue weighted by molar-refractivity contribution is 5.95. The van der Waals surface area contributed by atoms with E-state index in [-0.39, 0.29) is 18.1 Å². The van der Waals surface area contributed by atoms with Gasteiger partial charge in [-0.3, -0.25) is 9.59 Å². The van der Waals surface area contributed by atoms with Crippen LogP contribution in [0.25, 0.3) is 0 Å². The average molecular weight is 364 g/mol. The van der Waals surface area contributed by atoms with E-state index in [1.807, 2.05) is 57.1 Å². The number of hydrogen-bond acceptors (Lipinski definition) is 4. The van der Waals surface area contributed by atoms with Crippen molar-refractivity contribution in [1.29, 1.82) is 0 Å². The van der Waals surface area contributed by atoms with Gasteiger partial charge < -0.3 is 20.2 Å². The molecule has 1 aliphatic rings. The maximum atomic E-state index is 12.4. The lowest BCUT2D eigenvalue weighted by molar-refractivity contribution is -0.110. The van der Waals surface area contributed by atoms with Crippen LogP contribution in [0.2, 0.25) is 0 Å². The second kappa shape index (κ2) is 10.8. The van der Waals surface area contributed by atoms with Crippen LogP contribution in [-0.2, 0) is 4.79 Å². The van der Waals surface area contributed by atoms with E-state index in [0.29, 0.717) is 24.6 Å². The quantitative estimate of drug-likeness (QED) is 0.761. The number of hydrogen-bond donors (Lipinski definition) is 2. The van der Waals surface area contributed by atoms with Crippen molar-refractivity contribution in [2.45, 2.75) is 58.2 Å². The van der Waals surface area contributed by atoms with E-state index in [4.69, 9.17) is 0 Å². The Balaban J connectivity index is 0.000000359. The summed E-state index contributed by atoms with van der Waals surface area (Å²) in [5.41, 5.74) is 1.69. The fourth-order valence-corrected chi connectivity index (χ4v) is 3.00. The van der Waals surface area contributed by atoms with E-state index in [9.17, 15) is 14.7 Å². The molecule has 6 heteroatoms. The molecule has 2 N–H and O–H groups in total. The summed E-state index contributed by atoms with van der Waals surface area (Å²) in [4.78, 5) is 25.9. The molecule has 26 heavy (non-hydrogen) atoms. The number of rotatable bonds is 6. The van der Waals surface area contributed by atoms with Crippen molar-refractivity contribution < 1.29 is 14.7 Å². The molecule has 0 saturated carbocycles. The van der Waals surface area contributed by atoms with Gasteiger partial charge in [-0.05, 0) is 44.9 Å². The first-order valence-corrected chi connectivity index (χ1v) is 9.26. The Kier molecular flexibility index (Phi) is 9.13. The number of benzene rings is 1. The number of likely N-dealkylation sites (tertiary alicyclic amines) is 1. The molecule has 1 aliphatic heterocycles. The third kappa shape index (κ3) is 6.67. The van der Waals surface area contributed by atoms with E-state index < -0.39 is 0 Å². The Morgan fingerprint density at radius 2 is 2.15 bits per heavy atom. The number of aliphatic hydroxyl groups excluding tert-OH is 1. The molecule has 3 atom stereocenters. The smallest absolute Gasteiger partial charge is 0.254 e. The Morgan fingerprint density at radius 1 is 1.46 bits per heavy atom. The molecule has 0 spiro atoms. The number of carbonyl (C=O) groups excluding carboxylic acids is 2. The lowest BCUT2D eigenvalue weighted by Gasteiger charge is -2.22. The third-order valence-electron chi connectivity index (χ3n) is 4.50. The van der Waals surface area contributed by atoms with Gasteiger partial charge in [0.2, 0.25) is 6.41 Å². The van der Waals surface area contributed by atoms with E-state index in [0.717, 1.165) is 24.9 Å². The average Bonchev–Trinajstić information content (AvgIpc) is 2.93. The summed E-state index contributed by atoms with van der Waals surface area (Å²) in [5, 5.41) is 12.3. The fourth-order valence-electron chi connectivity index (χ4n) is 3.00. The van der Waals surface area contributed by atoms with Crippen molar-refractivity contribution in [2.75, 3.05) is 25.5 Å². The third-order valence-corrected chi connectivity index (χ3v) is 4.50. The Morgan fingerprint density at radius 3 is 2.65 bits per heavy atom. The number of β-amino-alcohol motifs (C(OH)–C–C–N with tert-alkyl or cyclic N) is 1. The molecular weight excluding hydrogens is 330 g/mol. The molecule has 1 heterocycles. The molecule has 1 saturated heterocycles. The van der Waals surface area contributed by atoms with Crippen LogP contribution in [0.15, 0.2) is 24.3 Å². The van der Waals surface area contributed by atoms with Crippen molar-refractivity contribution in [3.05, 3.63) is 29.8 Å². The van der Waals surface area contributed by atoms with E-state index in [1.54, 1.807) is 4.90 Å². The zero-order chi connectivity index (χ0) is 19.7. The van der Waals surface area contributed by atoms with Gasteiger partial charge in [-0.25, -0.2) is 0 Å². The van der Waals surface area contributed by atoms with Gasteiger partial charge in [-0.15, -0.1) is 0 Å². The Labute approximate surface area is 157 Å². The van der Waals surface area contributed by atoms with Gasteiger partial charge in [-0.1, -0.05) is 19.4 Å². The first-order chi connectivity index (χ1) is 12.3. The topological polar surface area (TPSA) is 72.9 Å². The number of anilines is 1. The molecule has 2 unspecified atom stereocenters. The van der Waals surface area contributed by atoms with Crippen LogP contribution in [0, 0.1) is 0 Å². The van der Waals surface area contributed by atoms with Crippen LogP contribution in [0.5, 0.6) is 0 Å². The highest BCUT2D eigenvalue weighted by atomic mass is 16.3. The molecule has 6 nitrogen and oxygen atoms in total. The summed E-state index contributed by atoms with van der Waals surface area (Å²) in [7, 11) is 3.90. The zero-order valence-corrected chi connectivity index (χ0v) is 16.6. The fraction of sp³-hybridized carbons (Fsp3) is 0.600. The first-order valence-electron chi connectivity index (χ1n) is 9.26. The molecule has 0 aromatic heterocycles. The minimum atomic E-state index is -0.388. The normalized spacial score (nSPS) is 20.0. The summed E-state index contributed by atoms with van der Waals surface area (Å²) >= 11 is 0. The zero-order valence-electron chi connectivity index (χ0n) is 16.6. The maximum absolute atomic E-state index is 12.4. The molecule has 2 amide bonds. The maximum Gasteiger partial charge on any atom is 0.254 e. The molecule has 0 aliphatic carbocycles. The van der Waals surface area contributed by atoms with Crippen molar-refractivity contribution in [1.82, 2.24) is 10.2 Å². The van der Waals surface area contributed by atoms with Crippen LogP contribution < -0.4 is 10.2 Å².